The van der Waals surface area contributed by atoms with E-state index in [2.05, 4.69) is 16.8 Å². The molecule has 2 nitrogen and oxygen atoms in total. The molecule has 6 heteroatoms. The number of aromatic nitrogens is 1. The van der Waals surface area contributed by atoms with Crippen LogP contribution in [0.15, 0.2) is 42.6 Å². The summed E-state index contributed by atoms with van der Waals surface area (Å²) in [6.07, 6.45) is -3.36. The van der Waals surface area contributed by atoms with E-state index in [1.165, 1.54) is 24.4 Å². The molecule has 3 N–H and O–H groups in total. The first-order valence-corrected chi connectivity index (χ1v) is 5.99. The van der Waals surface area contributed by atoms with Crippen LogP contribution in [-0.4, -0.2) is 11.2 Å². The van der Waals surface area contributed by atoms with Gasteiger partial charge in [-0.05, 0) is 24.3 Å². The number of aromatic amines is 1. The number of rotatable bonds is 1. The fourth-order valence-electron chi connectivity index (χ4n) is 1.60. The SMILES string of the molecule is N[C@](C#Cc1ccccc1Cl)(c1ccc[nH]1)C(F)(F)F. The van der Waals surface area contributed by atoms with Crippen LogP contribution in [0.25, 0.3) is 0 Å². The van der Waals surface area contributed by atoms with E-state index in [1.807, 2.05) is 0 Å². The van der Waals surface area contributed by atoms with E-state index in [9.17, 15) is 13.2 Å². The topological polar surface area (TPSA) is 41.8 Å². The average molecular weight is 299 g/mol. The highest BCUT2D eigenvalue weighted by molar-refractivity contribution is 6.31. The molecule has 0 unspecified atom stereocenters. The maximum Gasteiger partial charge on any atom is 0.423 e. The second kappa shape index (κ2) is 5.23. The molecule has 104 valence electrons. The van der Waals surface area contributed by atoms with Crippen molar-refractivity contribution in [1.29, 1.82) is 0 Å². The van der Waals surface area contributed by atoms with Crippen LogP contribution in [0.1, 0.15) is 11.3 Å². The molecule has 1 atom stereocenters. The Labute approximate surface area is 118 Å². The summed E-state index contributed by atoms with van der Waals surface area (Å²) >= 11 is 5.86. The van der Waals surface area contributed by atoms with Gasteiger partial charge >= 0.3 is 6.18 Å². The highest BCUT2D eigenvalue weighted by Gasteiger charge is 2.53. The van der Waals surface area contributed by atoms with Crippen molar-refractivity contribution >= 4 is 11.6 Å². The molecular formula is C14H10ClF3N2. The van der Waals surface area contributed by atoms with Crippen LogP contribution in [0.5, 0.6) is 0 Å². The second-order valence-corrected chi connectivity index (χ2v) is 4.53. The van der Waals surface area contributed by atoms with Crippen LogP contribution in [0.4, 0.5) is 13.2 Å². The lowest BCUT2D eigenvalue weighted by Crippen LogP contribution is -2.49. The molecule has 2 aromatic rings. The Bertz CT molecular complexity index is 653. The van der Waals surface area contributed by atoms with Gasteiger partial charge in [-0.3, -0.25) is 0 Å². The molecule has 0 amide bonds. The maximum atomic E-state index is 13.2. The van der Waals surface area contributed by atoms with Crippen molar-refractivity contribution in [2.24, 2.45) is 5.73 Å². The smallest absolute Gasteiger partial charge is 0.362 e. The standard InChI is InChI=1S/C14H10ClF3N2/c15-11-5-2-1-4-10(11)7-8-13(19,14(16,17)18)12-6-3-9-20-12/h1-6,9,20H,19H2/t13-/m1/s1. The van der Waals surface area contributed by atoms with Crippen LogP contribution in [0.3, 0.4) is 0 Å². The molecule has 1 aromatic carbocycles. The number of nitrogens with one attached hydrogen (secondary N) is 1. The molecule has 1 heterocycles. The molecule has 0 spiro atoms. The minimum absolute atomic E-state index is 0.218. The Morgan fingerprint density at radius 2 is 1.80 bits per heavy atom. The highest BCUT2D eigenvalue weighted by Crippen LogP contribution is 2.35. The van der Waals surface area contributed by atoms with Crippen molar-refractivity contribution in [3.05, 3.63) is 58.9 Å². The molecule has 0 bridgehead atoms. The number of H-pyrrole nitrogens is 1. The van der Waals surface area contributed by atoms with Gasteiger partial charge in [-0.2, -0.15) is 13.2 Å². The summed E-state index contributed by atoms with van der Waals surface area (Å²) in [7, 11) is 0. The Balaban J connectivity index is 2.49. The van der Waals surface area contributed by atoms with E-state index in [0.29, 0.717) is 5.56 Å². The fourth-order valence-corrected chi connectivity index (χ4v) is 1.78. The lowest BCUT2D eigenvalue weighted by molar-refractivity contribution is -0.172. The van der Waals surface area contributed by atoms with Gasteiger partial charge in [0.15, 0.2) is 0 Å². The third-order valence-corrected chi connectivity index (χ3v) is 3.07. The Morgan fingerprint density at radius 3 is 2.35 bits per heavy atom. The third-order valence-electron chi connectivity index (χ3n) is 2.74. The predicted octanol–water partition coefficient (Wildman–Crippen LogP) is 3.44. The molecule has 1 aromatic heterocycles. The minimum Gasteiger partial charge on any atom is -0.362 e. The van der Waals surface area contributed by atoms with Crippen molar-refractivity contribution in [2.45, 2.75) is 11.7 Å². The monoisotopic (exact) mass is 298 g/mol. The number of benzene rings is 1. The number of hydrogen-bond acceptors (Lipinski definition) is 1. The van der Waals surface area contributed by atoms with Crippen molar-refractivity contribution in [2.75, 3.05) is 0 Å². The zero-order chi connectivity index (χ0) is 14.8. The summed E-state index contributed by atoms with van der Waals surface area (Å²) in [5, 5.41) is 0.274. The second-order valence-electron chi connectivity index (χ2n) is 4.12. The zero-order valence-electron chi connectivity index (χ0n) is 10.1. The van der Waals surface area contributed by atoms with Crippen molar-refractivity contribution in [3.8, 4) is 11.8 Å². The van der Waals surface area contributed by atoms with Crippen LogP contribution < -0.4 is 5.73 Å². The van der Waals surface area contributed by atoms with Gasteiger partial charge < -0.3 is 10.7 Å². The third kappa shape index (κ3) is 2.67. The van der Waals surface area contributed by atoms with Gasteiger partial charge in [0.2, 0.25) is 5.54 Å². The van der Waals surface area contributed by atoms with Crippen LogP contribution in [0, 0.1) is 11.8 Å². The highest BCUT2D eigenvalue weighted by atomic mass is 35.5. The number of alkyl halides is 3. The van der Waals surface area contributed by atoms with E-state index >= 15 is 0 Å². The van der Waals surface area contributed by atoms with E-state index in [4.69, 9.17) is 17.3 Å². The summed E-state index contributed by atoms with van der Waals surface area (Å²) < 4.78 is 39.6. The minimum atomic E-state index is -4.72. The van der Waals surface area contributed by atoms with Crippen LogP contribution >= 0.6 is 11.6 Å². The van der Waals surface area contributed by atoms with Crippen molar-refractivity contribution in [3.63, 3.8) is 0 Å². The lowest BCUT2D eigenvalue weighted by atomic mass is 9.96. The number of halogens is 4. The predicted molar refractivity (Wildman–Crippen MR) is 71.0 cm³/mol. The first-order valence-electron chi connectivity index (χ1n) is 5.62. The molecule has 0 aliphatic carbocycles. The van der Waals surface area contributed by atoms with Gasteiger partial charge in [0, 0.05) is 11.8 Å². The first-order chi connectivity index (χ1) is 9.34. The summed E-state index contributed by atoms with van der Waals surface area (Å²) in [5.41, 5.74) is 2.77. The summed E-state index contributed by atoms with van der Waals surface area (Å²) in [5.74, 6) is 4.48. The molecule has 2 rings (SSSR count). The van der Waals surface area contributed by atoms with Gasteiger partial charge in [-0.25, -0.2) is 0 Å². The Kier molecular flexibility index (Phi) is 3.80. The molecule has 0 radical (unpaired) electrons. The normalized spacial score (nSPS) is 14.2. The Morgan fingerprint density at radius 1 is 1.10 bits per heavy atom. The van der Waals surface area contributed by atoms with E-state index in [1.54, 1.807) is 18.2 Å². The number of hydrogen-bond donors (Lipinski definition) is 2. The van der Waals surface area contributed by atoms with Crippen LogP contribution in [-0.2, 0) is 5.54 Å². The van der Waals surface area contributed by atoms with Crippen LogP contribution in [0.2, 0.25) is 5.02 Å². The maximum absolute atomic E-state index is 13.2. The largest absolute Gasteiger partial charge is 0.423 e. The quantitative estimate of drug-likeness (QED) is 0.778. The van der Waals surface area contributed by atoms with Gasteiger partial charge in [0.1, 0.15) is 0 Å². The van der Waals surface area contributed by atoms with E-state index in [0.717, 1.165) is 0 Å². The molecule has 0 saturated heterocycles. The molecule has 20 heavy (non-hydrogen) atoms. The number of nitrogens with two attached hydrogens (primary N) is 1. The van der Waals surface area contributed by atoms with Gasteiger partial charge in [-0.1, -0.05) is 35.6 Å². The van der Waals surface area contributed by atoms with Gasteiger partial charge in [-0.15, -0.1) is 0 Å². The van der Waals surface area contributed by atoms with Crippen molar-refractivity contribution < 1.29 is 13.2 Å². The molecule has 0 aliphatic rings. The first kappa shape index (κ1) is 14.5. The zero-order valence-corrected chi connectivity index (χ0v) is 10.9. The van der Waals surface area contributed by atoms with E-state index < -0.39 is 11.7 Å². The van der Waals surface area contributed by atoms with Gasteiger partial charge in [0.25, 0.3) is 0 Å². The fraction of sp³-hybridized carbons (Fsp3) is 0.143. The average Bonchev–Trinajstić information content (AvgIpc) is 2.90. The summed E-state index contributed by atoms with van der Waals surface area (Å²) in [4.78, 5) is 2.45. The van der Waals surface area contributed by atoms with E-state index in [-0.39, 0.29) is 10.7 Å². The lowest BCUT2D eigenvalue weighted by Gasteiger charge is -2.25. The summed E-state index contributed by atoms with van der Waals surface area (Å²) in [6.45, 7) is 0. The van der Waals surface area contributed by atoms with Crippen molar-refractivity contribution in [1.82, 2.24) is 4.98 Å². The molecule has 0 saturated carbocycles. The molecular weight excluding hydrogens is 289 g/mol. The molecule has 0 fully saturated rings. The Hall–Kier alpha value is -1.90. The van der Waals surface area contributed by atoms with Gasteiger partial charge in [0.05, 0.1) is 10.7 Å². The summed E-state index contributed by atoms with van der Waals surface area (Å²) in [6, 6.07) is 9.05. The molecule has 0 aliphatic heterocycles.